The predicted octanol–water partition coefficient (Wildman–Crippen LogP) is 2.94. The van der Waals surface area contributed by atoms with Crippen molar-refractivity contribution in [3.8, 4) is 0 Å². The zero-order valence-electron chi connectivity index (χ0n) is 13.5. The molecule has 0 bridgehead atoms. The lowest BCUT2D eigenvalue weighted by Crippen LogP contribution is -2.29. The van der Waals surface area contributed by atoms with E-state index in [1.165, 1.54) is 17.4 Å². The third-order valence-electron chi connectivity index (χ3n) is 4.76. The van der Waals surface area contributed by atoms with Gasteiger partial charge in [-0.25, -0.2) is 0 Å². The SMILES string of the molecule is CCc1oc2ccccc2c1CNC[C@@H]1CCc2nncn2C1. The highest BCUT2D eigenvalue weighted by atomic mass is 16.3. The van der Waals surface area contributed by atoms with Gasteiger partial charge in [0.25, 0.3) is 0 Å². The van der Waals surface area contributed by atoms with Crippen molar-refractivity contribution in [2.75, 3.05) is 6.54 Å². The Morgan fingerprint density at radius 1 is 1.35 bits per heavy atom. The summed E-state index contributed by atoms with van der Waals surface area (Å²) in [4.78, 5) is 0. The number of aryl methyl sites for hydroxylation is 2. The summed E-state index contributed by atoms with van der Waals surface area (Å²) in [7, 11) is 0. The highest BCUT2D eigenvalue weighted by Crippen LogP contribution is 2.26. The van der Waals surface area contributed by atoms with E-state index in [1.807, 2.05) is 18.5 Å². The van der Waals surface area contributed by atoms with Crippen LogP contribution in [0, 0.1) is 5.92 Å². The van der Waals surface area contributed by atoms with Crippen molar-refractivity contribution in [3.63, 3.8) is 0 Å². The molecule has 0 radical (unpaired) electrons. The number of fused-ring (bicyclic) bond motifs is 2. The molecule has 0 spiro atoms. The van der Waals surface area contributed by atoms with Gasteiger partial charge in [0.15, 0.2) is 0 Å². The molecule has 1 atom stereocenters. The van der Waals surface area contributed by atoms with Crippen molar-refractivity contribution in [1.29, 1.82) is 0 Å². The monoisotopic (exact) mass is 310 g/mol. The molecule has 2 aromatic heterocycles. The van der Waals surface area contributed by atoms with Gasteiger partial charge in [-0.05, 0) is 24.9 Å². The molecular formula is C18H22N4O. The summed E-state index contributed by atoms with van der Waals surface area (Å²) in [6.07, 6.45) is 4.99. The summed E-state index contributed by atoms with van der Waals surface area (Å²) < 4.78 is 8.15. The maximum absolute atomic E-state index is 5.97. The second-order valence-corrected chi connectivity index (χ2v) is 6.29. The van der Waals surface area contributed by atoms with Crippen molar-refractivity contribution in [2.45, 2.75) is 39.3 Å². The minimum atomic E-state index is 0.641. The van der Waals surface area contributed by atoms with Crippen LogP contribution in [0.4, 0.5) is 0 Å². The second-order valence-electron chi connectivity index (χ2n) is 6.29. The third-order valence-corrected chi connectivity index (χ3v) is 4.76. The standard InChI is InChI=1S/C18H22N4O/c1-2-16-15(14-5-3-4-6-17(14)23-16)10-19-9-13-7-8-18-21-20-12-22(18)11-13/h3-6,12-13,19H,2,7-11H2,1H3/t13-/m0/s1. The van der Waals surface area contributed by atoms with Gasteiger partial charge in [0.1, 0.15) is 23.5 Å². The van der Waals surface area contributed by atoms with Crippen LogP contribution in [0.3, 0.4) is 0 Å². The molecule has 1 aliphatic rings. The fraction of sp³-hybridized carbons (Fsp3) is 0.444. The number of nitrogens with one attached hydrogen (secondary N) is 1. The van der Waals surface area contributed by atoms with E-state index in [-0.39, 0.29) is 0 Å². The minimum Gasteiger partial charge on any atom is -0.461 e. The van der Waals surface area contributed by atoms with Crippen LogP contribution >= 0.6 is 0 Å². The Morgan fingerprint density at radius 2 is 2.26 bits per heavy atom. The lowest BCUT2D eigenvalue weighted by Gasteiger charge is -2.23. The van der Waals surface area contributed by atoms with Gasteiger partial charge in [-0.15, -0.1) is 10.2 Å². The van der Waals surface area contributed by atoms with Gasteiger partial charge in [0.2, 0.25) is 0 Å². The summed E-state index contributed by atoms with van der Waals surface area (Å²) >= 11 is 0. The molecule has 0 amide bonds. The van der Waals surface area contributed by atoms with E-state index in [1.54, 1.807) is 0 Å². The third kappa shape index (κ3) is 2.77. The van der Waals surface area contributed by atoms with Crippen molar-refractivity contribution in [1.82, 2.24) is 20.1 Å². The van der Waals surface area contributed by atoms with Crippen LogP contribution in [0.5, 0.6) is 0 Å². The Hall–Kier alpha value is -2.14. The second kappa shape index (κ2) is 6.16. The summed E-state index contributed by atoms with van der Waals surface area (Å²) in [5.74, 6) is 2.86. The topological polar surface area (TPSA) is 55.9 Å². The fourth-order valence-corrected chi connectivity index (χ4v) is 3.52. The molecule has 0 saturated carbocycles. The predicted molar refractivity (Wildman–Crippen MR) is 89.1 cm³/mol. The van der Waals surface area contributed by atoms with Gasteiger partial charge in [0.05, 0.1) is 0 Å². The van der Waals surface area contributed by atoms with E-state index in [0.717, 1.165) is 49.6 Å². The lowest BCUT2D eigenvalue weighted by atomic mass is 9.99. The van der Waals surface area contributed by atoms with E-state index < -0.39 is 0 Å². The van der Waals surface area contributed by atoms with Gasteiger partial charge < -0.3 is 14.3 Å². The molecule has 23 heavy (non-hydrogen) atoms. The maximum atomic E-state index is 5.97. The fourth-order valence-electron chi connectivity index (χ4n) is 3.52. The Morgan fingerprint density at radius 3 is 3.17 bits per heavy atom. The normalized spacial score (nSPS) is 17.5. The molecule has 1 aliphatic heterocycles. The Balaban J connectivity index is 1.42. The Bertz CT molecular complexity index is 804. The number of rotatable bonds is 5. The van der Waals surface area contributed by atoms with E-state index >= 15 is 0 Å². The van der Waals surface area contributed by atoms with E-state index in [9.17, 15) is 0 Å². The van der Waals surface area contributed by atoms with E-state index in [2.05, 4.69) is 39.1 Å². The molecule has 3 aromatic rings. The first-order valence-electron chi connectivity index (χ1n) is 8.42. The van der Waals surface area contributed by atoms with Crippen LogP contribution < -0.4 is 5.32 Å². The average molecular weight is 310 g/mol. The molecule has 3 heterocycles. The minimum absolute atomic E-state index is 0.641. The van der Waals surface area contributed by atoms with Gasteiger partial charge in [0, 0.05) is 36.9 Å². The first-order chi connectivity index (χ1) is 11.3. The summed E-state index contributed by atoms with van der Waals surface area (Å²) in [6.45, 7) is 5.05. The molecule has 1 aromatic carbocycles. The van der Waals surface area contributed by atoms with Gasteiger partial charge in [-0.1, -0.05) is 25.1 Å². The maximum Gasteiger partial charge on any atom is 0.134 e. The lowest BCUT2D eigenvalue weighted by molar-refractivity contribution is 0.347. The number of benzene rings is 1. The van der Waals surface area contributed by atoms with Gasteiger partial charge in [-0.2, -0.15) is 0 Å². The first kappa shape index (κ1) is 14.5. The molecular weight excluding hydrogens is 288 g/mol. The highest BCUT2D eigenvalue weighted by Gasteiger charge is 2.19. The number of hydrogen-bond donors (Lipinski definition) is 1. The Labute approximate surface area is 135 Å². The zero-order valence-corrected chi connectivity index (χ0v) is 13.5. The average Bonchev–Trinajstić information content (AvgIpc) is 3.18. The molecule has 0 unspecified atom stereocenters. The van der Waals surface area contributed by atoms with Gasteiger partial charge >= 0.3 is 0 Å². The number of hydrogen-bond acceptors (Lipinski definition) is 4. The van der Waals surface area contributed by atoms with Crippen molar-refractivity contribution in [3.05, 3.63) is 47.7 Å². The van der Waals surface area contributed by atoms with E-state index in [0.29, 0.717) is 5.92 Å². The molecule has 1 N–H and O–H groups in total. The molecule has 0 fully saturated rings. The first-order valence-corrected chi connectivity index (χ1v) is 8.42. The van der Waals surface area contributed by atoms with Crippen LogP contribution in [0.25, 0.3) is 11.0 Å². The largest absolute Gasteiger partial charge is 0.461 e. The highest BCUT2D eigenvalue weighted by molar-refractivity contribution is 5.82. The molecule has 0 aliphatic carbocycles. The van der Waals surface area contributed by atoms with Crippen LogP contribution in [-0.2, 0) is 25.9 Å². The number of nitrogens with zero attached hydrogens (tertiary/aromatic N) is 3. The number of aromatic nitrogens is 3. The zero-order chi connectivity index (χ0) is 15.6. The molecule has 5 heteroatoms. The smallest absolute Gasteiger partial charge is 0.134 e. The summed E-state index contributed by atoms with van der Waals surface area (Å²) in [5.41, 5.74) is 2.30. The van der Waals surface area contributed by atoms with Crippen LogP contribution in [-0.4, -0.2) is 21.3 Å². The van der Waals surface area contributed by atoms with Gasteiger partial charge in [-0.3, -0.25) is 0 Å². The number of para-hydroxylation sites is 1. The Kier molecular flexibility index (Phi) is 3.87. The molecule has 120 valence electrons. The molecule has 5 nitrogen and oxygen atoms in total. The summed E-state index contributed by atoms with van der Waals surface area (Å²) in [6, 6.07) is 8.31. The quantitative estimate of drug-likeness (QED) is 0.787. The molecule has 4 rings (SSSR count). The van der Waals surface area contributed by atoms with Crippen LogP contribution in [0.1, 0.15) is 30.5 Å². The molecule has 0 saturated heterocycles. The van der Waals surface area contributed by atoms with Crippen LogP contribution in [0.2, 0.25) is 0 Å². The number of furan rings is 1. The van der Waals surface area contributed by atoms with Crippen molar-refractivity contribution < 1.29 is 4.42 Å². The van der Waals surface area contributed by atoms with Crippen LogP contribution in [0.15, 0.2) is 35.0 Å². The van der Waals surface area contributed by atoms with E-state index in [4.69, 9.17) is 4.42 Å². The van der Waals surface area contributed by atoms with Crippen molar-refractivity contribution in [2.24, 2.45) is 5.92 Å². The summed E-state index contributed by atoms with van der Waals surface area (Å²) in [5, 5.41) is 13.0. The van der Waals surface area contributed by atoms with Crippen molar-refractivity contribution >= 4 is 11.0 Å².